The molecule has 1 atom stereocenters. The van der Waals surface area contributed by atoms with Crippen LogP contribution in [-0.2, 0) is 4.79 Å². The molecule has 1 aliphatic rings. The first-order valence-electron chi connectivity index (χ1n) is 4.95. The van der Waals surface area contributed by atoms with Crippen LogP contribution in [0.1, 0.15) is 39.5 Å². The highest BCUT2D eigenvalue weighted by Crippen LogP contribution is 2.16. The van der Waals surface area contributed by atoms with E-state index in [1.54, 1.807) is 6.92 Å². The first kappa shape index (κ1) is 9.56. The average molecular weight is 169 g/mol. The standard InChI is InChI=1S/C10H19NO/c1-9-5-3-4-7-11(8-6-9)10(2)12/h9H,3-8H2,1-2H3. The van der Waals surface area contributed by atoms with E-state index >= 15 is 0 Å². The summed E-state index contributed by atoms with van der Waals surface area (Å²) < 4.78 is 0. The molecule has 0 aromatic rings. The Labute approximate surface area is 74.9 Å². The van der Waals surface area contributed by atoms with Crippen LogP contribution in [0.2, 0.25) is 0 Å². The molecule has 0 bridgehead atoms. The summed E-state index contributed by atoms with van der Waals surface area (Å²) in [7, 11) is 0. The fraction of sp³-hybridized carbons (Fsp3) is 0.900. The minimum Gasteiger partial charge on any atom is -0.343 e. The van der Waals surface area contributed by atoms with Crippen LogP contribution in [0.3, 0.4) is 0 Å². The van der Waals surface area contributed by atoms with Gasteiger partial charge in [0.2, 0.25) is 5.91 Å². The van der Waals surface area contributed by atoms with E-state index in [9.17, 15) is 4.79 Å². The molecule has 70 valence electrons. The van der Waals surface area contributed by atoms with Crippen LogP contribution in [0.25, 0.3) is 0 Å². The summed E-state index contributed by atoms with van der Waals surface area (Å²) >= 11 is 0. The van der Waals surface area contributed by atoms with E-state index in [1.165, 1.54) is 25.7 Å². The van der Waals surface area contributed by atoms with Gasteiger partial charge in [0.25, 0.3) is 0 Å². The summed E-state index contributed by atoms with van der Waals surface area (Å²) in [5, 5.41) is 0. The van der Waals surface area contributed by atoms with Gasteiger partial charge in [0.15, 0.2) is 0 Å². The van der Waals surface area contributed by atoms with Crippen molar-refractivity contribution in [1.82, 2.24) is 4.90 Å². The first-order valence-corrected chi connectivity index (χ1v) is 4.95. The highest BCUT2D eigenvalue weighted by atomic mass is 16.2. The third-order valence-corrected chi connectivity index (χ3v) is 2.71. The third kappa shape index (κ3) is 2.84. The summed E-state index contributed by atoms with van der Waals surface area (Å²) in [5.41, 5.74) is 0. The second kappa shape index (κ2) is 4.48. The molecule has 1 heterocycles. The van der Waals surface area contributed by atoms with Crippen LogP contribution < -0.4 is 0 Å². The van der Waals surface area contributed by atoms with Crippen molar-refractivity contribution in [3.05, 3.63) is 0 Å². The lowest BCUT2D eigenvalue weighted by Crippen LogP contribution is -2.32. The van der Waals surface area contributed by atoms with Gasteiger partial charge in [-0.15, -0.1) is 0 Å². The smallest absolute Gasteiger partial charge is 0.219 e. The van der Waals surface area contributed by atoms with Gasteiger partial charge in [-0.1, -0.05) is 19.8 Å². The Balaban J connectivity index is 2.39. The van der Waals surface area contributed by atoms with Crippen molar-refractivity contribution < 1.29 is 4.79 Å². The minimum absolute atomic E-state index is 0.240. The molecule has 1 unspecified atom stereocenters. The maximum absolute atomic E-state index is 11.1. The van der Waals surface area contributed by atoms with Crippen molar-refractivity contribution in [2.75, 3.05) is 13.1 Å². The number of hydrogen-bond acceptors (Lipinski definition) is 1. The average Bonchev–Trinajstić information content (AvgIpc) is 1.97. The van der Waals surface area contributed by atoms with Gasteiger partial charge in [-0.05, 0) is 18.8 Å². The summed E-state index contributed by atoms with van der Waals surface area (Å²) in [6.07, 6.45) is 4.99. The lowest BCUT2D eigenvalue weighted by Gasteiger charge is -2.25. The van der Waals surface area contributed by atoms with Crippen molar-refractivity contribution in [2.24, 2.45) is 5.92 Å². The summed E-state index contributed by atoms with van der Waals surface area (Å²) in [5.74, 6) is 1.04. The maximum atomic E-state index is 11.1. The van der Waals surface area contributed by atoms with Crippen LogP contribution in [0, 0.1) is 5.92 Å². The molecule has 1 fully saturated rings. The van der Waals surface area contributed by atoms with E-state index in [2.05, 4.69) is 6.92 Å². The first-order chi connectivity index (χ1) is 5.70. The fourth-order valence-electron chi connectivity index (χ4n) is 1.74. The van der Waals surface area contributed by atoms with Crippen molar-refractivity contribution in [3.63, 3.8) is 0 Å². The van der Waals surface area contributed by atoms with Crippen LogP contribution in [0.15, 0.2) is 0 Å². The highest BCUT2D eigenvalue weighted by Gasteiger charge is 2.13. The van der Waals surface area contributed by atoms with Crippen LogP contribution >= 0.6 is 0 Å². The Bertz CT molecular complexity index is 156. The summed E-state index contributed by atoms with van der Waals surface area (Å²) in [6.45, 7) is 5.90. The number of nitrogens with zero attached hydrogens (tertiary/aromatic N) is 1. The molecule has 2 heteroatoms. The lowest BCUT2D eigenvalue weighted by molar-refractivity contribution is -0.129. The van der Waals surface area contributed by atoms with Gasteiger partial charge < -0.3 is 4.90 Å². The summed E-state index contributed by atoms with van der Waals surface area (Å²) in [6, 6.07) is 0. The molecule has 0 saturated carbocycles. The number of hydrogen-bond donors (Lipinski definition) is 0. The van der Waals surface area contributed by atoms with Crippen molar-refractivity contribution in [1.29, 1.82) is 0 Å². The number of carbonyl (C=O) groups is 1. The Morgan fingerprint density at radius 3 is 2.67 bits per heavy atom. The van der Waals surface area contributed by atoms with Crippen LogP contribution in [0.5, 0.6) is 0 Å². The number of rotatable bonds is 0. The predicted octanol–water partition coefficient (Wildman–Crippen LogP) is 2.04. The molecule has 0 aromatic heterocycles. The zero-order valence-corrected chi connectivity index (χ0v) is 8.18. The molecular formula is C10H19NO. The SMILES string of the molecule is CC(=O)N1CCCCC(C)CC1. The van der Waals surface area contributed by atoms with Crippen LogP contribution in [-0.4, -0.2) is 23.9 Å². The Hall–Kier alpha value is -0.530. The van der Waals surface area contributed by atoms with Crippen molar-refractivity contribution in [3.8, 4) is 0 Å². The molecule has 1 rings (SSSR count). The van der Waals surface area contributed by atoms with Gasteiger partial charge >= 0.3 is 0 Å². The van der Waals surface area contributed by atoms with Crippen molar-refractivity contribution >= 4 is 5.91 Å². The van der Waals surface area contributed by atoms with E-state index in [0.717, 1.165) is 19.0 Å². The molecular weight excluding hydrogens is 150 g/mol. The zero-order valence-electron chi connectivity index (χ0n) is 8.18. The van der Waals surface area contributed by atoms with Gasteiger partial charge in [0, 0.05) is 20.0 Å². The van der Waals surface area contributed by atoms with E-state index in [0.29, 0.717) is 0 Å². The molecule has 0 N–H and O–H groups in total. The molecule has 1 amide bonds. The van der Waals surface area contributed by atoms with Gasteiger partial charge in [-0.2, -0.15) is 0 Å². The molecule has 0 aliphatic carbocycles. The zero-order chi connectivity index (χ0) is 8.97. The van der Waals surface area contributed by atoms with Crippen LogP contribution in [0.4, 0.5) is 0 Å². The number of amides is 1. The van der Waals surface area contributed by atoms with Crippen molar-refractivity contribution in [2.45, 2.75) is 39.5 Å². The number of likely N-dealkylation sites (tertiary alicyclic amines) is 1. The molecule has 0 aromatic carbocycles. The predicted molar refractivity (Wildman–Crippen MR) is 49.9 cm³/mol. The third-order valence-electron chi connectivity index (χ3n) is 2.71. The molecule has 2 nitrogen and oxygen atoms in total. The molecule has 1 saturated heterocycles. The van der Waals surface area contributed by atoms with E-state index in [1.807, 2.05) is 4.90 Å². The fourth-order valence-corrected chi connectivity index (χ4v) is 1.74. The number of carbonyl (C=O) groups excluding carboxylic acids is 1. The Kier molecular flexibility index (Phi) is 3.57. The minimum atomic E-state index is 0.240. The summed E-state index contributed by atoms with van der Waals surface area (Å²) in [4.78, 5) is 13.1. The normalized spacial score (nSPS) is 26.2. The quantitative estimate of drug-likeness (QED) is 0.543. The van der Waals surface area contributed by atoms with E-state index in [4.69, 9.17) is 0 Å². The Morgan fingerprint density at radius 1 is 1.25 bits per heavy atom. The molecule has 12 heavy (non-hydrogen) atoms. The molecule has 0 radical (unpaired) electrons. The topological polar surface area (TPSA) is 20.3 Å². The molecule has 1 aliphatic heterocycles. The monoisotopic (exact) mass is 169 g/mol. The van der Waals surface area contributed by atoms with E-state index < -0.39 is 0 Å². The largest absolute Gasteiger partial charge is 0.343 e. The lowest BCUT2D eigenvalue weighted by atomic mass is 9.98. The second-order valence-corrected chi connectivity index (χ2v) is 3.90. The van der Waals surface area contributed by atoms with Gasteiger partial charge in [-0.3, -0.25) is 4.79 Å². The Morgan fingerprint density at radius 2 is 2.00 bits per heavy atom. The second-order valence-electron chi connectivity index (χ2n) is 3.90. The maximum Gasteiger partial charge on any atom is 0.219 e. The van der Waals surface area contributed by atoms with Gasteiger partial charge in [0.1, 0.15) is 0 Å². The van der Waals surface area contributed by atoms with Gasteiger partial charge in [-0.25, -0.2) is 0 Å². The van der Waals surface area contributed by atoms with Gasteiger partial charge in [0.05, 0.1) is 0 Å². The highest BCUT2D eigenvalue weighted by molar-refractivity contribution is 5.73. The van der Waals surface area contributed by atoms with E-state index in [-0.39, 0.29) is 5.91 Å². The molecule has 0 spiro atoms.